The Labute approximate surface area is 122 Å². The molecule has 0 saturated heterocycles. The highest BCUT2D eigenvalue weighted by atomic mass is 32.1. The fourth-order valence-electron chi connectivity index (χ4n) is 1.98. The third kappa shape index (κ3) is 5.47. The summed E-state index contributed by atoms with van der Waals surface area (Å²) in [6.07, 6.45) is 1.99. The third-order valence-corrected chi connectivity index (χ3v) is 4.32. The lowest BCUT2D eigenvalue weighted by Gasteiger charge is -2.24. The molecule has 0 bridgehead atoms. The first-order chi connectivity index (χ1) is 8.93. The first kappa shape index (κ1) is 16.4. The van der Waals surface area contributed by atoms with Crippen molar-refractivity contribution in [1.29, 1.82) is 0 Å². The monoisotopic (exact) mass is 280 g/mol. The van der Waals surface area contributed by atoms with Gasteiger partial charge in [-0.25, -0.2) is 0 Å². The van der Waals surface area contributed by atoms with Crippen molar-refractivity contribution in [3.63, 3.8) is 0 Å². The highest BCUT2D eigenvalue weighted by Crippen LogP contribution is 2.23. The van der Waals surface area contributed by atoms with E-state index in [2.05, 4.69) is 57.5 Å². The molecule has 1 aromatic heterocycles. The fraction of sp³-hybridized carbons (Fsp3) is 0.625. The summed E-state index contributed by atoms with van der Waals surface area (Å²) in [6, 6.07) is 3.45. The van der Waals surface area contributed by atoms with E-state index in [4.69, 9.17) is 0 Å². The van der Waals surface area contributed by atoms with Crippen molar-refractivity contribution in [1.82, 2.24) is 10.2 Å². The minimum atomic E-state index is 0.541. The van der Waals surface area contributed by atoms with Crippen LogP contribution in [0.1, 0.15) is 43.0 Å². The molecule has 0 aliphatic heterocycles. The van der Waals surface area contributed by atoms with Crippen LogP contribution in [0, 0.1) is 6.92 Å². The molecule has 1 heterocycles. The van der Waals surface area contributed by atoms with Crippen molar-refractivity contribution in [3.8, 4) is 0 Å². The molecule has 0 aliphatic carbocycles. The van der Waals surface area contributed by atoms with Crippen LogP contribution in [0.5, 0.6) is 0 Å². The Balaban J connectivity index is 2.69. The summed E-state index contributed by atoms with van der Waals surface area (Å²) in [5, 5.41) is 3.48. The van der Waals surface area contributed by atoms with Gasteiger partial charge in [0.1, 0.15) is 0 Å². The van der Waals surface area contributed by atoms with Crippen molar-refractivity contribution >= 4 is 11.3 Å². The van der Waals surface area contributed by atoms with Gasteiger partial charge in [-0.2, -0.15) is 0 Å². The van der Waals surface area contributed by atoms with Crippen LogP contribution < -0.4 is 5.32 Å². The Morgan fingerprint density at radius 3 is 2.58 bits per heavy atom. The average molecular weight is 280 g/mol. The van der Waals surface area contributed by atoms with E-state index in [1.54, 1.807) is 0 Å². The van der Waals surface area contributed by atoms with Crippen LogP contribution in [0.3, 0.4) is 0 Å². The summed E-state index contributed by atoms with van der Waals surface area (Å²) in [5.74, 6) is 0. The van der Waals surface area contributed by atoms with Crippen LogP contribution in [0.25, 0.3) is 0 Å². The standard InChI is InChI=1S/C16H28N2S/c1-7-8-18(13(4)5)11-15-9-16(19-14(15)6)10-17-12(2)3/h7,9,12-13,17H,1,8,10-11H2,2-6H3. The van der Waals surface area contributed by atoms with Crippen LogP contribution in [-0.4, -0.2) is 23.5 Å². The number of nitrogens with one attached hydrogen (secondary N) is 1. The number of thiophene rings is 1. The molecule has 2 nitrogen and oxygen atoms in total. The fourth-order valence-corrected chi connectivity index (χ4v) is 2.98. The zero-order chi connectivity index (χ0) is 14.4. The molecule has 0 unspecified atom stereocenters. The molecule has 0 atom stereocenters. The SMILES string of the molecule is C=CCN(Cc1cc(CNC(C)C)sc1C)C(C)C. The van der Waals surface area contributed by atoms with E-state index in [0.717, 1.165) is 19.6 Å². The molecule has 108 valence electrons. The Hall–Kier alpha value is -0.640. The minimum absolute atomic E-state index is 0.541. The molecule has 0 aromatic carbocycles. The van der Waals surface area contributed by atoms with Gasteiger partial charge in [-0.15, -0.1) is 17.9 Å². The van der Waals surface area contributed by atoms with Gasteiger partial charge in [0, 0.05) is 41.5 Å². The third-order valence-electron chi connectivity index (χ3n) is 3.22. The molecule has 19 heavy (non-hydrogen) atoms. The number of hydrogen-bond acceptors (Lipinski definition) is 3. The predicted molar refractivity (Wildman–Crippen MR) is 86.8 cm³/mol. The van der Waals surface area contributed by atoms with Crippen LogP contribution in [0.2, 0.25) is 0 Å². The first-order valence-corrected chi connectivity index (χ1v) is 7.92. The lowest BCUT2D eigenvalue weighted by Crippen LogP contribution is -2.30. The summed E-state index contributed by atoms with van der Waals surface area (Å²) in [6.45, 7) is 17.9. The average Bonchev–Trinajstić information content (AvgIpc) is 2.67. The second-order valence-corrected chi connectivity index (χ2v) is 6.98. The summed E-state index contributed by atoms with van der Waals surface area (Å²) in [4.78, 5) is 5.32. The molecule has 1 N–H and O–H groups in total. The van der Waals surface area contributed by atoms with Gasteiger partial charge >= 0.3 is 0 Å². The maximum atomic E-state index is 3.85. The number of nitrogens with zero attached hydrogens (tertiary/aromatic N) is 1. The van der Waals surface area contributed by atoms with Crippen molar-refractivity contribution in [3.05, 3.63) is 34.0 Å². The molecule has 3 heteroatoms. The quantitative estimate of drug-likeness (QED) is 0.725. The zero-order valence-corrected chi connectivity index (χ0v) is 13.8. The second kappa shape index (κ2) is 7.83. The molecule has 0 fully saturated rings. The normalized spacial score (nSPS) is 11.8. The van der Waals surface area contributed by atoms with Gasteiger partial charge in [0.2, 0.25) is 0 Å². The van der Waals surface area contributed by atoms with E-state index >= 15 is 0 Å². The Morgan fingerprint density at radius 2 is 2.05 bits per heavy atom. The largest absolute Gasteiger partial charge is 0.310 e. The molecular formula is C16H28N2S. The molecule has 1 aromatic rings. The number of hydrogen-bond donors (Lipinski definition) is 1. The minimum Gasteiger partial charge on any atom is -0.310 e. The van der Waals surface area contributed by atoms with E-state index in [1.807, 2.05) is 17.4 Å². The molecular weight excluding hydrogens is 252 g/mol. The van der Waals surface area contributed by atoms with Gasteiger partial charge in [0.15, 0.2) is 0 Å². The lowest BCUT2D eigenvalue weighted by molar-refractivity contribution is 0.237. The van der Waals surface area contributed by atoms with E-state index < -0.39 is 0 Å². The van der Waals surface area contributed by atoms with Gasteiger partial charge in [-0.1, -0.05) is 19.9 Å². The Kier molecular flexibility index (Phi) is 6.76. The Morgan fingerprint density at radius 1 is 1.37 bits per heavy atom. The number of rotatable bonds is 8. The van der Waals surface area contributed by atoms with E-state index in [9.17, 15) is 0 Å². The van der Waals surface area contributed by atoms with Crippen molar-refractivity contribution in [2.24, 2.45) is 0 Å². The molecule has 0 amide bonds. The van der Waals surface area contributed by atoms with Crippen LogP contribution in [-0.2, 0) is 13.1 Å². The lowest BCUT2D eigenvalue weighted by atomic mass is 10.2. The van der Waals surface area contributed by atoms with Gasteiger partial charge in [0.25, 0.3) is 0 Å². The van der Waals surface area contributed by atoms with Crippen molar-refractivity contribution in [2.75, 3.05) is 6.54 Å². The predicted octanol–water partition coefficient (Wildman–Crippen LogP) is 3.95. The first-order valence-electron chi connectivity index (χ1n) is 7.10. The van der Waals surface area contributed by atoms with Crippen LogP contribution in [0.15, 0.2) is 18.7 Å². The molecule has 0 radical (unpaired) electrons. The second-order valence-electron chi connectivity index (χ2n) is 5.64. The van der Waals surface area contributed by atoms with Gasteiger partial charge in [-0.3, -0.25) is 4.90 Å². The molecule has 1 rings (SSSR count). The highest BCUT2D eigenvalue weighted by Gasteiger charge is 2.12. The Bertz CT molecular complexity index is 393. The highest BCUT2D eigenvalue weighted by molar-refractivity contribution is 7.12. The number of aryl methyl sites for hydroxylation is 1. The summed E-state index contributed by atoms with van der Waals surface area (Å²) < 4.78 is 0. The summed E-state index contributed by atoms with van der Waals surface area (Å²) in [5.41, 5.74) is 1.46. The zero-order valence-electron chi connectivity index (χ0n) is 13.0. The van der Waals surface area contributed by atoms with Crippen LogP contribution >= 0.6 is 11.3 Å². The summed E-state index contributed by atoms with van der Waals surface area (Å²) in [7, 11) is 0. The van der Waals surface area contributed by atoms with Crippen molar-refractivity contribution < 1.29 is 0 Å². The molecule has 0 saturated carbocycles. The molecule has 0 aliphatic rings. The smallest absolute Gasteiger partial charge is 0.0302 e. The maximum Gasteiger partial charge on any atom is 0.0302 e. The van der Waals surface area contributed by atoms with Crippen LogP contribution in [0.4, 0.5) is 0 Å². The maximum absolute atomic E-state index is 3.85. The van der Waals surface area contributed by atoms with Gasteiger partial charge in [0.05, 0.1) is 0 Å². The molecule has 0 spiro atoms. The van der Waals surface area contributed by atoms with Crippen molar-refractivity contribution in [2.45, 2.75) is 59.8 Å². The van der Waals surface area contributed by atoms with E-state index in [-0.39, 0.29) is 0 Å². The van der Waals surface area contributed by atoms with E-state index in [0.29, 0.717) is 12.1 Å². The van der Waals surface area contributed by atoms with E-state index in [1.165, 1.54) is 15.3 Å². The van der Waals surface area contributed by atoms with Gasteiger partial charge < -0.3 is 5.32 Å². The van der Waals surface area contributed by atoms with Gasteiger partial charge in [-0.05, 0) is 32.4 Å². The topological polar surface area (TPSA) is 15.3 Å². The summed E-state index contributed by atoms with van der Waals surface area (Å²) >= 11 is 1.91.